The molecule has 1 N–H and O–H groups in total. The van der Waals surface area contributed by atoms with Crippen molar-refractivity contribution in [1.82, 2.24) is 4.90 Å². The number of amides is 1. The predicted octanol–water partition coefficient (Wildman–Crippen LogP) is 2.41. The summed E-state index contributed by atoms with van der Waals surface area (Å²) in [7, 11) is 0. The van der Waals surface area contributed by atoms with Gasteiger partial charge in [-0.3, -0.25) is 4.79 Å². The number of nitrogens with zero attached hydrogens (tertiary/aromatic N) is 1. The number of carbonyl (C=O) groups excluding carboxylic acids is 1. The zero-order valence-electron chi connectivity index (χ0n) is 12.4. The molecular weight excluding hydrogens is 270 g/mol. The highest BCUT2D eigenvalue weighted by Gasteiger charge is 2.25. The van der Waals surface area contributed by atoms with E-state index in [4.69, 9.17) is 9.84 Å². The lowest BCUT2D eigenvalue weighted by atomic mass is 9.99. The molecule has 0 aromatic heterocycles. The highest BCUT2D eigenvalue weighted by Crippen LogP contribution is 2.19. The summed E-state index contributed by atoms with van der Waals surface area (Å²) in [6.45, 7) is 5.49. The number of carboxylic acids is 1. The summed E-state index contributed by atoms with van der Waals surface area (Å²) in [5.74, 6) is 0.192. The van der Waals surface area contributed by atoms with Gasteiger partial charge in [-0.25, -0.2) is 4.79 Å². The maximum absolute atomic E-state index is 12.3. The topological polar surface area (TPSA) is 66.8 Å². The van der Waals surface area contributed by atoms with E-state index in [1.807, 2.05) is 4.90 Å². The standard InChI is InChI=1S/C16H21NO4/c1-11-7-9-17(10-8-11)15(18)12(2)21-14-5-3-13(4-6-14)16(19)20/h3-6,11-12H,7-10H2,1-2H3,(H,19,20). The first-order valence-corrected chi connectivity index (χ1v) is 7.26. The maximum atomic E-state index is 12.3. The van der Waals surface area contributed by atoms with Crippen molar-refractivity contribution >= 4 is 11.9 Å². The summed E-state index contributed by atoms with van der Waals surface area (Å²) in [6.07, 6.45) is 1.51. The molecule has 1 heterocycles. The SMILES string of the molecule is CC1CCN(C(=O)C(C)Oc2ccc(C(=O)O)cc2)CC1. The number of carboxylic acid groups (broad SMARTS) is 1. The van der Waals surface area contributed by atoms with E-state index in [1.54, 1.807) is 19.1 Å². The van der Waals surface area contributed by atoms with Crippen LogP contribution in [0.1, 0.15) is 37.0 Å². The lowest BCUT2D eigenvalue weighted by molar-refractivity contribution is -0.139. The van der Waals surface area contributed by atoms with Crippen molar-refractivity contribution < 1.29 is 19.4 Å². The van der Waals surface area contributed by atoms with Crippen LogP contribution >= 0.6 is 0 Å². The van der Waals surface area contributed by atoms with Crippen molar-refractivity contribution in [2.75, 3.05) is 13.1 Å². The van der Waals surface area contributed by atoms with Gasteiger partial charge in [0.2, 0.25) is 0 Å². The van der Waals surface area contributed by atoms with Crippen LogP contribution in [0.15, 0.2) is 24.3 Å². The Kier molecular flexibility index (Phi) is 4.83. The molecule has 2 rings (SSSR count). The molecule has 1 aliphatic heterocycles. The van der Waals surface area contributed by atoms with Gasteiger partial charge in [0.15, 0.2) is 6.10 Å². The average molecular weight is 291 g/mol. The number of carbonyl (C=O) groups is 2. The Morgan fingerprint density at radius 1 is 1.24 bits per heavy atom. The zero-order valence-corrected chi connectivity index (χ0v) is 12.4. The molecule has 0 aliphatic carbocycles. The Balaban J connectivity index is 1.92. The molecular formula is C16H21NO4. The minimum atomic E-state index is -0.979. The number of aromatic carboxylic acids is 1. The predicted molar refractivity (Wildman–Crippen MR) is 78.5 cm³/mol. The first kappa shape index (κ1) is 15.4. The van der Waals surface area contributed by atoms with Gasteiger partial charge in [0, 0.05) is 13.1 Å². The van der Waals surface area contributed by atoms with Crippen molar-refractivity contribution in [1.29, 1.82) is 0 Å². The second-order valence-corrected chi connectivity index (χ2v) is 5.60. The van der Waals surface area contributed by atoms with Crippen LogP contribution in [0.2, 0.25) is 0 Å². The fraction of sp³-hybridized carbons (Fsp3) is 0.500. The molecule has 0 saturated carbocycles. The molecule has 1 unspecified atom stereocenters. The van der Waals surface area contributed by atoms with Crippen molar-refractivity contribution in [2.45, 2.75) is 32.8 Å². The molecule has 0 spiro atoms. The molecule has 1 amide bonds. The third-order valence-electron chi connectivity index (χ3n) is 3.86. The third kappa shape index (κ3) is 3.97. The number of rotatable bonds is 4. The largest absolute Gasteiger partial charge is 0.481 e. The Morgan fingerprint density at radius 3 is 2.33 bits per heavy atom. The fourth-order valence-electron chi connectivity index (χ4n) is 2.42. The van der Waals surface area contributed by atoms with E-state index in [9.17, 15) is 9.59 Å². The summed E-state index contributed by atoms with van der Waals surface area (Å²) >= 11 is 0. The second kappa shape index (κ2) is 6.61. The van der Waals surface area contributed by atoms with Gasteiger partial charge in [-0.2, -0.15) is 0 Å². The Hall–Kier alpha value is -2.04. The molecule has 0 radical (unpaired) electrons. The first-order chi connectivity index (χ1) is 9.97. The quantitative estimate of drug-likeness (QED) is 0.925. The summed E-state index contributed by atoms with van der Waals surface area (Å²) in [5, 5.41) is 8.84. The van der Waals surface area contributed by atoms with Crippen LogP contribution in [0.25, 0.3) is 0 Å². The summed E-state index contributed by atoms with van der Waals surface area (Å²) in [4.78, 5) is 24.9. The molecule has 1 aliphatic rings. The molecule has 5 heteroatoms. The number of piperidine rings is 1. The van der Waals surface area contributed by atoms with Crippen LogP contribution in [0, 0.1) is 5.92 Å². The lowest BCUT2D eigenvalue weighted by Crippen LogP contribution is -2.44. The fourth-order valence-corrected chi connectivity index (χ4v) is 2.42. The minimum absolute atomic E-state index is 0.00999. The van der Waals surface area contributed by atoms with Crippen LogP contribution < -0.4 is 4.74 Å². The second-order valence-electron chi connectivity index (χ2n) is 5.60. The highest BCUT2D eigenvalue weighted by atomic mass is 16.5. The first-order valence-electron chi connectivity index (χ1n) is 7.26. The molecule has 0 bridgehead atoms. The van der Waals surface area contributed by atoms with E-state index in [0.717, 1.165) is 25.9 Å². The Bertz CT molecular complexity index is 504. The van der Waals surface area contributed by atoms with E-state index in [-0.39, 0.29) is 11.5 Å². The number of likely N-dealkylation sites (tertiary alicyclic amines) is 1. The lowest BCUT2D eigenvalue weighted by Gasteiger charge is -2.32. The summed E-state index contributed by atoms with van der Waals surface area (Å²) in [6, 6.07) is 6.09. The van der Waals surface area contributed by atoms with Gasteiger partial charge >= 0.3 is 5.97 Å². The molecule has 1 aromatic rings. The number of hydrogen-bond donors (Lipinski definition) is 1. The van der Waals surface area contributed by atoms with Crippen LogP contribution in [0.5, 0.6) is 5.75 Å². The zero-order chi connectivity index (χ0) is 15.4. The van der Waals surface area contributed by atoms with Crippen LogP contribution in [0.4, 0.5) is 0 Å². The van der Waals surface area contributed by atoms with Gasteiger partial charge in [-0.1, -0.05) is 6.92 Å². The van der Waals surface area contributed by atoms with E-state index < -0.39 is 12.1 Å². The molecule has 21 heavy (non-hydrogen) atoms. The molecule has 1 atom stereocenters. The minimum Gasteiger partial charge on any atom is -0.481 e. The normalized spacial score (nSPS) is 17.3. The molecule has 5 nitrogen and oxygen atoms in total. The molecule has 1 saturated heterocycles. The van der Waals surface area contributed by atoms with E-state index in [0.29, 0.717) is 11.7 Å². The van der Waals surface area contributed by atoms with Gasteiger partial charge in [0.1, 0.15) is 5.75 Å². The average Bonchev–Trinajstić information content (AvgIpc) is 2.47. The molecule has 1 fully saturated rings. The van der Waals surface area contributed by atoms with Crippen LogP contribution in [0.3, 0.4) is 0 Å². The molecule has 1 aromatic carbocycles. The highest BCUT2D eigenvalue weighted by molar-refractivity contribution is 5.87. The van der Waals surface area contributed by atoms with Crippen LogP contribution in [-0.2, 0) is 4.79 Å². The number of hydrogen-bond acceptors (Lipinski definition) is 3. The van der Waals surface area contributed by atoms with E-state index in [1.165, 1.54) is 12.1 Å². The van der Waals surface area contributed by atoms with Crippen molar-refractivity contribution in [3.05, 3.63) is 29.8 Å². The van der Waals surface area contributed by atoms with Crippen molar-refractivity contribution in [3.63, 3.8) is 0 Å². The van der Waals surface area contributed by atoms with Gasteiger partial charge in [-0.05, 0) is 49.9 Å². The monoisotopic (exact) mass is 291 g/mol. The summed E-state index contributed by atoms with van der Waals surface area (Å²) in [5.41, 5.74) is 0.200. The van der Waals surface area contributed by atoms with Gasteiger partial charge in [0.05, 0.1) is 5.56 Å². The number of benzene rings is 1. The summed E-state index contributed by atoms with van der Waals surface area (Å²) < 4.78 is 5.61. The van der Waals surface area contributed by atoms with E-state index in [2.05, 4.69) is 6.92 Å². The van der Waals surface area contributed by atoms with Gasteiger partial charge in [-0.15, -0.1) is 0 Å². The Morgan fingerprint density at radius 2 is 1.81 bits per heavy atom. The van der Waals surface area contributed by atoms with Crippen molar-refractivity contribution in [3.8, 4) is 5.75 Å². The van der Waals surface area contributed by atoms with Gasteiger partial charge in [0.25, 0.3) is 5.91 Å². The van der Waals surface area contributed by atoms with Crippen molar-refractivity contribution in [2.24, 2.45) is 5.92 Å². The Labute approximate surface area is 124 Å². The third-order valence-corrected chi connectivity index (χ3v) is 3.86. The van der Waals surface area contributed by atoms with Gasteiger partial charge < -0.3 is 14.7 Å². The van der Waals surface area contributed by atoms with Crippen LogP contribution in [-0.4, -0.2) is 41.1 Å². The molecule has 114 valence electrons. The maximum Gasteiger partial charge on any atom is 0.335 e. The smallest absolute Gasteiger partial charge is 0.335 e. The van der Waals surface area contributed by atoms with E-state index >= 15 is 0 Å². The number of ether oxygens (including phenoxy) is 1.